The summed E-state index contributed by atoms with van der Waals surface area (Å²) < 4.78 is 0. The van der Waals surface area contributed by atoms with Gasteiger partial charge in [0.05, 0.1) is 5.56 Å². The zero-order chi connectivity index (χ0) is 14.1. The van der Waals surface area contributed by atoms with Crippen molar-refractivity contribution in [3.8, 4) is 0 Å². The van der Waals surface area contributed by atoms with Crippen LogP contribution in [0.1, 0.15) is 43.0 Å². The molecule has 3 N–H and O–H groups in total. The van der Waals surface area contributed by atoms with Gasteiger partial charge in [0, 0.05) is 18.8 Å². The van der Waals surface area contributed by atoms with Gasteiger partial charge in [0.15, 0.2) is 5.84 Å². The molecule has 1 atom stereocenters. The van der Waals surface area contributed by atoms with Crippen molar-refractivity contribution in [3.05, 3.63) is 22.9 Å². The van der Waals surface area contributed by atoms with Crippen molar-refractivity contribution in [2.24, 2.45) is 16.8 Å². The van der Waals surface area contributed by atoms with Gasteiger partial charge in [-0.05, 0) is 49.7 Å². The number of rotatable bonds is 2. The highest BCUT2D eigenvalue weighted by Gasteiger charge is 2.24. The van der Waals surface area contributed by atoms with E-state index in [1.165, 1.54) is 24.1 Å². The molecule has 3 rings (SSSR count). The van der Waals surface area contributed by atoms with Crippen LogP contribution < -0.4 is 10.6 Å². The van der Waals surface area contributed by atoms with Gasteiger partial charge in [-0.2, -0.15) is 0 Å². The number of aromatic nitrogens is 1. The number of oxime groups is 1. The maximum Gasteiger partial charge on any atom is 0.173 e. The van der Waals surface area contributed by atoms with Gasteiger partial charge in [0.2, 0.25) is 0 Å². The van der Waals surface area contributed by atoms with Crippen molar-refractivity contribution in [2.75, 3.05) is 18.0 Å². The molecular weight excluding hydrogens is 252 g/mol. The molecular formula is C15H22N4O. The number of fused-ring (bicyclic) bond motifs is 1. The second kappa shape index (κ2) is 5.31. The van der Waals surface area contributed by atoms with E-state index in [2.05, 4.69) is 23.0 Å². The van der Waals surface area contributed by atoms with E-state index in [1.807, 2.05) is 0 Å². The lowest BCUT2D eigenvalue weighted by molar-refractivity contribution is 0.318. The standard InChI is InChI=1S/C15H22N4O/c1-10-4-3-7-19(9-10)15-12(14(16)18-20)8-11-5-2-6-13(11)17-15/h8,10,20H,2-7,9H2,1H3,(H2,16,18). The molecule has 1 aliphatic carbocycles. The predicted molar refractivity (Wildman–Crippen MR) is 79.4 cm³/mol. The smallest absolute Gasteiger partial charge is 0.173 e. The second-order valence-corrected chi connectivity index (χ2v) is 6.00. The number of aryl methyl sites for hydroxylation is 2. The molecule has 1 saturated heterocycles. The third-order valence-corrected chi connectivity index (χ3v) is 4.37. The van der Waals surface area contributed by atoms with Crippen molar-refractivity contribution >= 4 is 11.7 Å². The molecule has 5 nitrogen and oxygen atoms in total. The third-order valence-electron chi connectivity index (χ3n) is 4.37. The topological polar surface area (TPSA) is 74.7 Å². The average molecular weight is 274 g/mol. The van der Waals surface area contributed by atoms with Crippen LogP contribution in [0, 0.1) is 5.92 Å². The molecule has 0 aromatic carbocycles. The SMILES string of the molecule is CC1CCCN(c2nc3c(cc2C(N)=NO)CCC3)C1. The minimum atomic E-state index is 0.167. The van der Waals surface area contributed by atoms with Gasteiger partial charge in [-0.25, -0.2) is 4.98 Å². The fourth-order valence-electron chi connectivity index (χ4n) is 3.33. The first kappa shape index (κ1) is 13.2. The number of pyridine rings is 1. The fourth-order valence-corrected chi connectivity index (χ4v) is 3.33. The molecule has 1 unspecified atom stereocenters. The van der Waals surface area contributed by atoms with Crippen LogP contribution in [0.15, 0.2) is 11.2 Å². The van der Waals surface area contributed by atoms with Gasteiger partial charge < -0.3 is 15.8 Å². The number of hydrogen-bond donors (Lipinski definition) is 2. The van der Waals surface area contributed by atoms with Gasteiger partial charge in [0.1, 0.15) is 5.82 Å². The number of nitrogens with zero attached hydrogens (tertiary/aromatic N) is 3. The normalized spacial score (nSPS) is 22.9. The summed E-state index contributed by atoms with van der Waals surface area (Å²) in [5, 5.41) is 12.2. The molecule has 1 aromatic heterocycles. The molecule has 2 heterocycles. The summed E-state index contributed by atoms with van der Waals surface area (Å²) in [6, 6.07) is 2.07. The summed E-state index contributed by atoms with van der Waals surface area (Å²) in [5.41, 5.74) is 9.08. The largest absolute Gasteiger partial charge is 0.409 e. The molecule has 1 aromatic rings. The van der Waals surface area contributed by atoms with Gasteiger partial charge >= 0.3 is 0 Å². The lowest BCUT2D eigenvalue weighted by Crippen LogP contribution is -2.36. The van der Waals surface area contributed by atoms with Crippen LogP contribution in [0.25, 0.3) is 0 Å². The van der Waals surface area contributed by atoms with Crippen LogP contribution >= 0.6 is 0 Å². The highest BCUT2D eigenvalue weighted by atomic mass is 16.4. The van der Waals surface area contributed by atoms with Crippen molar-refractivity contribution in [3.63, 3.8) is 0 Å². The molecule has 2 aliphatic rings. The Kier molecular flexibility index (Phi) is 3.51. The van der Waals surface area contributed by atoms with Crippen molar-refractivity contribution in [1.82, 2.24) is 4.98 Å². The zero-order valence-corrected chi connectivity index (χ0v) is 12.0. The first-order valence-electron chi connectivity index (χ1n) is 7.44. The first-order chi connectivity index (χ1) is 9.69. The Hall–Kier alpha value is -1.78. The Morgan fingerprint density at radius 1 is 1.45 bits per heavy atom. The lowest BCUT2D eigenvalue weighted by atomic mass is 9.99. The summed E-state index contributed by atoms with van der Waals surface area (Å²) in [6.07, 6.45) is 5.68. The molecule has 0 saturated carbocycles. The molecule has 1 fully saturated rings. The summed E-state index contributed by atoms with van der Waals surface area (Å²) in [6.45, 7) is 4.27. The van der Waals surface area contributed by atoms with Crippen LogP contribution in [0.2, 0.25) is 0 Å². The molecule has 108 valence electrons. The monoisotopic (exact) mass is 274 g/mol. The minimum Gasteiger partial charge on any atom is -0.409 e. The maximum atomic E-state index is 9.03. The van der Waals surface area contributed by atoms with Crippen LogP contribution in [0.5, 0.6) is 0 Å². The predicted octanol–water partition coefficient (Wildman–Crippen LogP) is 1.90. The quantitative estimate of drug-likeness (QED) is 0.374. The van der Waals surface area contributed by atoms with E-state index < -0.39 is 0 Å². The molecule has 0 bridgehead atoms. The highest BCUT2D eigenvalue weighted by molar-refractivity contribution is 6.01. The number of anilines is 1. The van der Waals surface area contributed by atoms with E-state index in [4.69, 9.17) is 15.9 Å². The fraction of sp³-hybridized carbons (Fsp3) is 0.600. The first-order valence-corrected chi connectivity index (χ1v) is 7.44. The summed E-state index contributed by atoms with van der Waals surface area (Å²) in [7, 11) is 0. The molecule has 1 aliphatic heterocycles. The van der Waals surface area contributed by atoms with Crippen molar-refractivity contribution in [2.45, 2.75) is 39.0 Å². The second-order valence-electron chi connectivity index (χ2n) is 6.00. The van der Waals surface area contributed by atoms with Crippen LogP contribution in [-0.4, -0.2) is 29.1 Å². The number of piperidine rings is 1. The van der Waals surface area contributed by atoms with E-state index in [9.17, 15) is 0 Å². The Morgan fingerprint density at radius 3 is 3.05 bits per heavy atom. The molecule has 0 spiro atoms. The Bertz CT molecular complexity index is 541. The van der Waals surface area contributed by atoms with Gasteiger partial charge in [-0.15, -0.1) is 0 Å². The van der Waals surface area contributed by atoms with E-state index >= 15 is 0 Å². The Morgan fingerprint density at radius 2 is 2.30 bits per heavy atom. The lowest BCUT2D eigenvalue weighted by Gasteiger charge is -2.33. The molecule has 20 heavy (non-hydrogen) atoms. The zero-order valence-electron chi connectivity index (χ0n) is 12.0. The van der Waals surface area contributed by atoms with Gasteiger partial charge in [-0.1, -0.05) is 12.1 Å². The Balaban J connectivity index is 2.03. The maximum absolute atomic E-state index is 9.03. The summed E-state index contributed by atoms with van der Waals surface area (Å²) >= 11 is 0. The van der Waals surface area contributed by atoms with Crippen molar-refractivity contribution < 1.29 is 5.21 Å². The van der Waals surface area contributed by atoms with Crippen LogP contribution in [0.4, 0.5) is 5.82 Å². The van der Waals surface area contributed by atoms with E-state index in [0.29, 0.717) is 5.92 Å². The summed E-state index contributed by atoms with van der Waals surface area (Å²) in [5.74, 6) is 1.73. The van der Waals surface area contributed by atoms with E-state index in [0.717, 1.165) is 43.7 Å². The summed E-state index contributed by atoms with van der Waals surface area (Å²) in [4.78, 5) is 7.13. The van der Waals surface area contributed by atoms with Gasteiger partial charge in [-0.3, -0.25) is 0 Å². The number of amidine groups is 1. The minimum absolute atomic E-state index is 0.167. The van der Waals surface area contributed by atoms with Crippen molar-refractivity contribution in [1.29, 1.82) is 0 Å². The van der Waals surface area contributed by atoms with Gasteiger partial charge in [0.25, 0.3) is 0 Å². The molecule has 0 radical (unpaired) electrons. The number of nitrogens with two attached hydrogens (primary N) is 1. The highest BCUT2D eigenvalue weighted by Crippen LogP contribution is 2.29. The molecule has 5 heteroatoms. The van der Waals surface area contributed by atoms with E-state index in [1.54, 1.807) is 0 Å². The molecule has 0 amide bonds. The van der Waals surface area contributed by atoms with Crippen LogP contribution in [-0.2, 0) is 12.8 Å². The van der Waals surface area contributed by atoms with E-state index in [-0.39, 0.29) is 5.84 Å². The van der Waals surface area contributed by atoms with Crippen LogP contribution in [0.3, 0.4) is 0 Å². The Labute approximate surface area is 119 Å². The average Bonchev–Trinajstić information content (AvgIpc) is 2.92. The third kappa shape index (κ3) is 2.32. The number of hydrogen-bond acceptors (Lipinski definition) is 4.